The van der Waals surface area contributed by atoms with Gasteiger partial charge in [0.05, 0.1) is 51.9 Å². The summed E-state index contributed by atoms with van der Waals surface area (Å²) in [5, 5.41) is 30.7. The van der Waals surface area contributed by atoms with Gasteiger partial charge >= 0.3 is 0 Å². The van der Waals surface area contributed by atoms with Gasteiger partial charge in [-0.15, -0.1) is 16.7 Å². The first-order chi connectivity index (χ1) is 26.9. The molecule has 3 aromatic rings. The van der Waals surface area contributed by atoms with Gasteiger partial charge in [0, 0.05) is 30.2 Å². The Morgan fingerprint density at radius 1 is 0.946 bits per heavy atom. The number of fused-ring (bicyclic) bond motifs is 2. The van der Waals surface area contributed by atoms with Gasteiger partial charge in [-0.2, -0.15) is 0 Å². The lowest BCUT2D eigenvalue weighted by Gasteiger charge is -2.55. The quantitative estimate of drug-likeness (QED) is 0.0445. The number of methoxy groups -OCH3 is 1. The second kappa shape index (κ2) is 20.7. The molecule has 56 heavy (non-hydrogen) atoms. The minimum atomic E-state index is -0.367. The minimum absolute atomic E-state index is 0.161. The van der Waals surface area contributed by atoms with E-state index in [0.717, 1.165) is 97.6 Å². The number of hydrogen-bond donors (Lipinski definition) is 2. The van der Waals surface area contributed by atoms with Gasteiger partial charge in [0.25, 0.3) is 0 Å². The van der Waals surface area contributed by atoms with Crippen molar-refractivity contribution in [2.24, 2.45) is 11.3 Å². The first-order valence-electron chi connectivity index (χ1n) is 20.4. The maximum absolute atomic E-state index is 11.2. The number of halogens is 1. The number of alkyl halides is 1. The van der Waals surface area contributed by atoms with Crippen molar-refractivity contribution in [2.45, 2.75) is 117 Å². The third-order valence-corrected chi connectivity index (χ3v) is 11.6. The molecule has 2 heterocycles. The number of aliphatic hydroxyl groups is 1. The fraction of sp³-hybridized carbons (Fsp3) is 0.600. The van der Waals surface area contributed by atoms with Crippen molar-refractivity contribution < 1.29 is 33.9 Å². The average molecular weight is 794 g/mol. The number of aliphatic hydroxyl groups excluding tert-OH is 1. The lowest BCUT2D eigenvalue weighted by atomic mass is 9.57. The normalized spacial score (nSPS) is 20.0. The van der Waals surface area contributed by atoms with E-state index >= 15 is 0 Å². The van der Waals surface area contributed by atoms with Crippen LogP contribution in [0, 0.1) is 11.3 Å². The van der Waals surface area contributed by atoms with Crippen LogP contribution in [0.3, 0.4) is 0 Å². The molecule has 2 N–H and O–H groups in total. The summed E-state index contributed by atoms with van der Waals surface area (Å²) in [7, 11) is 1.67. The van der Waals surface area contributed by atoms with Crippen molar-refractivity contribution in [3.05, 3.63) is 70.1 Å². The fourth-order valence-corrected chi connectivity index (χ4v) is 8.14. The molecule has 1 saturated carbocycles. The molecular weight excluding hydrogens is 730 g/mol. The molecule has 10 nitrogen and oxygen atoms in total. The SMILES string of the molecule is COc1cc(/C=C/c2cc(O)c(CC=C(C)C)c(OCCCc3cn(CCOCCOCCCCCCCl)nn3)c2)cc2c1O[C@]1(C)CC[C@@H](O)C(C)(C)[C@H]1C2. The van der Waals surface area contributed by atoms with Gasteiger partial charge in [0.15, 0.2) is 11.5 Å². The lowest BCUT2D eigenvalue weighted by Crippen LogP contribution is -2.58. The molecule has 0 unspecified atom stereocenters. The van der Waals surface area contributed by atoms with Crippen molar-refractivity contribution in [1.82, 2.24) is 15.0 Å². The van der Waals surface area contributed by atoms with Gasteiger partial charge in [-0.1, -0.05) is 55.7 Å². The number of rotatable bonds is 22. The number of benzene rings is 2. The topological polar surface area (TPSA) is 117 Å². The van der Waals surface area contributed by atoms with Crippen molar-refractivity contribution in [3.63, 3.8) is 0 Å². The number of allylic oxidation sites excluding steroid dienone is 2. The van der Waals surface area contributed by atoms with Gasteiger partial charge in [-0.05, 0) is 119 Å². The molecule has 308 valence electrons. The van der Waals surface area contributed by atoms with E-state index in [9.17, 15) is 10.2 Å². The molecule has 0 radical (unpaired) electrons. The molecule has 2 aromatic carbocycles. The Hall–Kier alpha value is -3.57. The van der Waals surface area contributed by atoms with Crippen LogP contribution in [0.25, 0.3) is 12.2 Å². The number of ether oxygens (including phenoxy) is 5. The maximum atomic E-state index is 11.2. The second-order valence-electron chi connectivity index (χ2n) is 16.3. The Morgan fingerprint density at radius 3 is 2.43 bits per heavy atom. The number of nitrogens with zero attached hydrogens (tertiary/aromatic N) is 3. The van der Waals surface area contributed by atoms with Crippen molar-refractivity contribution in [3.8, 4) is 23.0 Å². The van der Waals surface area contributed by atoms with E-state index in [4.69, 9.17) is 35.3 Å². The molecule has 2 aliphatic rings. The van der Waals surface area contributed by atoms with Crippen LogP contribution in [0.4, 0.5) is 0 Å². The number of aromatic nitrogens is 3. The monoisotopic (exact) mass is 793 g/mol. The van der Waals surface area contributed by atoms with Crippen LogP contribution in [-0.2, 0) is 35.3 Å². The molecule has 0 spiro atoms. The molecule has 5 rings (SSSR count). The molecule has 0 saturated heterocycles. The summed E-state index contributed by atoms with van der Waals surface area (Å²) in [4.78, 5) is 0. The minimum Gasteiger partial charge on any atom is -0.507 e. The third-order valence-electron chi connectivity index (χ3n) is 11.4. The van der Waals surface area contributed by atoms with Crippen LogP contribution in [0.2, 0.25) is 0 Å². The van der Waals surface area contributed by atoms with Crippen LogP contribution in [-0.4, -0.2) is 82.9 Å². The van der Waals surface area contributed by atoms with Crippen LogP contribution in [0.5, 0.6) is 23.0 Å². The Bertz CT molecular complexity index is 1770. The maximum Gasteiger partial charge on any atom is 0.165 e. The van der Waals surface area contributed by atoms with E-state index in [-0.39, 0.29) is 28.8 Å². The van der Waals surface area contributed by atoms with Crippen LogP contribution in [0.1, 0.15) is 108 Å². The zero-order chi connectivity index (χ0) is 40.1. The number of hydrogen-bond acceptors (Lipinski definition) is 9. The number of phenols is 1. The van der Waals surface area contributed by atoms with Gasteiger partial charge in [0.2, 0.25) is 0 Å². The predicted molar refractivity (Wildman–Crippen MR) is 223 cm³/mol. The molecule has 0 amide bonds. The average Bonchev–Trinajstić information content (AvgIpc) is 3.62. The smallest absolute Gasteiger partial charge is 0.165 e. The third kappa shape index (κ3) is 11.7. The standard InChI is InChI=1S/C45H64ClN3O7/c1-32(2)13-16-37-38(50)27-34(15-14-33-26-35-30-41-44(3,4)42(51)17-18-45(41,5)56-43(35)40(29-33)52-6)28-39(37)55-22-11-12-36-31-49(48-47-36)20-23-54-25-24-53-21-10-8-7-9-19-46/h13-15,26-29,31,41-42,50-51H,7-12,16-25,30H2,1-6H3/b15-14+/t41-,42-,45-/m1/s1. The summed E-state index contributed by atoms with van der Waals surface area (Å²) in [6, 6.07) is 7.92. The zero-order valence-electron chi connectivity index (χ0n) is 34.4. The van der Waals surface area contributed by atoms with Crippen molar-refractivity contribution in [1.29, 1.82) is 0 Å². The van der Waals surface area contributed by atoms with E-state index in [0.29, 0.717) is 57.3 Å². The van der Waals surface area contributed by atoms with E-state index in [2.05, 4.69) is 43.2 Å². The molecule has 1 aliphatic carbocycles. The molecule has 0 bridgehead atoms. The first-order valence-corrected chi connectivity index (χ1v) is 21.0. The highest BCUT2D eigenvalue weighted by atomic mass is 35.5. The summed E-state index contributed by atoms with van der Waals surface area (Å²) in [6.45, 7) is 14.1. The highest BCUT2D eigenvalue weighted by Gasteiger charge is 2.54. The number of unbranched alkanes of at least 4 members (excludes halogenated alkanes) is 3. The van der Waals surface area contributed by atoms with E-state index < -0.39 is 0 Å². The van der Waals surface area contributed by atoms with E-state index in [1.54, 1.807) is 13.2 Å². The summed E-state index contributed by atoms with van der Waals surface area (Å²) < 4.78 is 32.1. The largest absolute Gasteiger partial charge is 0.507 e. The zero-order valence-corrected chi connectivity index (χ0v) is 35.2. The molecule has 1 fully saturated rings. The van der Waals surface area contributed by atoms with Crippen molar-refractivity contribution in [2.75, 3.05) is 46.0 Å². The number of aryl methyl sites for hydroxylation is 1. The summed E-state index contributed by atoms with van der Waals surface area (Å²) in [6.07, 6.45) is 16.5. The van der Waals surface area contributed by atoms with E-state index in [1.807, 2.05) is 49.0 Å². The summed E-state index contributed by atoms with van der Waals surface area (Å²) in [5.74, 6) is 3.24. The van der Waals surface area contributed by atoms with Gasteiger partial charge in [-0.3, -0.25) is 0 Å². The first kappa shape index (κ1) is 43.6. The van der Waals surface area contributed by atoms with Crippen molar-refractivity contribution >= 4 is 23.8 Å². The Morgan fingerprint density at radius 2 is 1.68 bits per heavy atom. The molecule has 1 aliphatic heterocycles. The van der Waals surface area contributed by atoms with Gasteiger partial charge < -0.3 is 33.9 Å². The van der Waals surface area contributed by atoms with Crippen LogP contribution in [0.15, 0.2) is 42.1 Å². The van der Waals surface area contributed by atoms with Gasteiger partial charge in [-0.25, -0.2) is 4.68 Å². The van der Waals surface area contributed by atoms with Crippen LogP contribution < -0.4 is 14.2 Å². The Balaban J connectivity index is 1.17. The molecular formula is C45H64ClN3O7. The van der Waals surface area contributed by atoms with Gasteiger partial charge in [0.1, 0.15) is 17.1 Å². The Labute approximate surface area is 339 Å². The summed E-state index contributed by atoms with van der Waals surface area (Å²) >= 11 is 5.72. The predicted octanol–water partition coefficient (Wildman–Crippen LogP) is 9.01. The number of phenolic OH excluding ortho intramolecular Hbond substituents is 1. The molecule has 3 atom stereocenters. The lowest BCUT2D eigenvalue weighted by molar-refractivity contribution is -0.138. The van der Waals surface area contributed by atoms with E-state index in [1.165, 1.54) is 5.57 Å². The fourth-order valence-electron chi connectivity index (χ4n) is 7.95. The Kier molecular flexibility index (Phi) is 16.1. The highest BCUT2D eigenvalue weighted by Crippen LogP contribution is 2.55. The summed E-state index contributed by atoms with van der Waals surface area (Å²) in [5.41, 5.74) is 5.05. The molecule has 1 aromatic heterocycles. The second-order valence-corrected chi connectivity index (χ2v) is 16.7. The highest BCUT2D eigenvalue weighted by molar-refractivity contribution is 6.17. The number of aromatic hydroxyl groups is 1. The van der Waals surface area contributed by atoms with Crippen LogP contribution >= 0.6 is 11.6 Å². The molecule has 11 heteroatoms.